The van der Waals surface area contributed by atoms with Gasteiger partial charge in [0.15, 0.2) is 12.0 Å². The van der Waals surface area contributed by atoms with Gasteiger partial charge in [-0.2, -0.15) is 0 Å². The highest BCUT2D eigenvalue weighted by atomic mass is 19.3. The van der Waals surface area contributed by atoms with Crippen LogP contribution in [0.25, 0.3) is 0 Å². The number of carboxylic acid groups (broad SMARTS) is 1. The predicted molar refractivity (Wildman–Crippen MR) is 143 cm³/mol. The Morgan fingerprint density at radius 2 is 1.93 bits per heavy atom. The fourth-order valence-electron chi connectivity index (χ4n) is 5.74. The Balaban J connectivity index is 0.00000108. The summed E-state index contributed by atoms with van der Waals surface area (Å²) >= 11 is 0. The molecule has 12 heteroatoms. The number of amides is 1. The molecule has 1 aromatic heterocycles. The second kappa shape index (κ2) is 11.2. The second-order valence-corrected chi connectivity index (χ2v) is 11.1. The zero-order valence-electron chi connectivity index (χ0n) is 22.8. The van der Waals surface area contributed by atoms with Crippen molar-refractivity contribution in [2.45, 2.75) is 62.8 Å². The number of hydrogen-bond acceptors (Lipinski definition) is 6. The predicted octanol–water partition coefficient (Wildman–Crippen LogP) is 4.62. The van der Waals surface area contributed by atoms with E-state index in [9.17, 15) is 13.6 Å². The zero-order chi connectivity index (χ0) is 29.4. The molecule has 0 unspecified atom stereocenters. The van der Waals surface area contributed by atoms with Crippen molar-refractivity contribution in [3.8, 4) is 0 Å². The highest BCUT2D eigenvalue weighted by Crippen LogP contribution is 2.46. The monoisotopic (exact) mass is 571 g/mol. The molecular formula is C29H32F3N5O4. The van der Waals surface area contributed by atoms with E-state index in [1.54, 1.807) is 41.9 Å². The van der Waals surface area contributed by atoms with Crippen LogP contribution in [0, 0.1) is 0 Å². The number of aryl methyl sites for hydroxylation is 1. The number of nitrogens with one attached hydrogen (secondary N) is 1. The van der Waals surface area contributed by atoms with E-state index in [2.05, 4.69) is 22.4 Å². The standard InChI is InChI=1S/C28H30F3N5O2.CH2O2/c1-27(7-4-8-27)32-12-17-9-20(24(30)31)22-13-36(26(37)21(22)10-17)19-6-3-5-18(11-19)28(14-38-15-28)23(29)25-34-33-16-35(25)2;2-1-3/h3,5-6,9-11,16,23-24,32H,4,7-8,12-15H2,1-2H3;1H,(H,2,3)/t23-;/m0./s1. The topological polar surface area (TPSA) is 110 Å². The summed E-state index contributed by atoms with van der Waals surface area (Å²) in [5.41, 5.74) is 1.44. The Morgan fingerprint density at radius 3 is 2.49 bits per heavy atom. The first-order chi connectivity index (χ1) is 19.6. The number of fused-ring (bicyclic) bond motifs is 1. The van der Waals surface area contributed by atoms with E-state index in [-0.39, 0.29) is 49.1 Å². The van der Waals surface area contributed by atoms with Crippen LogP contribution >= 0.6 is 0 Å². The molecule has 1 saturated heterocycles. The summed E-state index contributed by atoms with van der Waals surface area (Å²) in [6.45, 7) is 2.65. The van der Waals surface area contributed by atoms with E-state index < -0.39 is 18.0 Å². The Kier molecular flexibility index (Phi) is 7.89. The summed E-state index contributed by atoms with van der Waals surface area (Å²) in [6, 6.07) is 10.3. The number of anilines is 1. The van der Waals surface area contributed by atoms with Crippen LogP contribution in [-0.2, 0) is 35.1 Å². The Morgan fingerprint density at radius 1 is 1.20 bits per heavy atom. The van der Waals surface area contributed by atoms with Gasteiger partial charge in [0.25, 0.3) is 18.8 Å². The summed E-state index contributed by atoms with van der Waals surface area (Å²) in [4.78, 5) is 23.4. The van der Waals surface area contributed by atoms with Gasteiger partial charge < -0.3 is 24.6 Å². The number of carbonyl (C=O) groups is 2. The summed E-state index contributed by atoms with van der Waals surface area (Å²) in [6.07, 6.45) is 0.525. The lowest BCUT2D eigenvalue weighted by Gasteiger charge is -2.43. The average Bonchev–Trinajstić information content (AvgIpc) is 3.48. The number of hydrogen-bond donors (Lipinski definition) is 2. The highest BCUT2D eigenvalue weighted by Gasteiger charge is 2.50. The van der Waals surface area contributed by atoms with Crippen molar-refractivity contribution in [1.82, 2.24) is 20.1 Å². The first kappa shape index (κ1) is 28.7. The molecule has 6 rings (SSSR count). The van der Waals surface area contributed by atoms with Crippen molar-refractivity contribution >= 4 is 18.1 Å². The largest absolute Gasteiger partial charge is 0.483 e. The van der Waals surface area contributed by atoms with Gasteiger partial charge in [-0.1, -0.05) is 12.1 Å². The number of nitrogens with zero attached hydrogens (tertiary/aromatic N) is 4. The molecule has 2 aromatic carbocycles. The van der Waals surface area contributed by atoms with Crippen molar-refractivity contribution in [2.75, 3.05) is 18.1 Å². The fourth-order valence-corrected chi connectivity index (χ4v) is 5.74. The fraction of sp³-hybridized carbons (Fsp3) is 0.448. The van der Waals surface area contributed by atoms with Crippen molar-refractivity contribution in [3.05, 3.63) is 76.4 Å². The Labute approximate surface area is 235 Å². The Bertz CT molecular complexity index is 1440. The summed E-state index contributed by atoms with van der Waals surface area (Å²) in [5.74, 6) is -0.137. The molecule has 2 N–H and O–H groups in total. The van der Waals surface area contributed by atoms with Gasteiger partial charge in [-0.15, -0.1) is 10.2 Å². The van der Waals surface area contributed by atoms with Gasteiger partial charge in [0.05, 0.1) is 25.2 Å². The normalized spacial score (nSPS) is 19.1. The molecule has 3 aliphatic rings. The summed E-state index contributed by atoms with van der Waals surface area (Å²) in [7, 11) is 1.68. The first-order valence-corrected chi connectivity index (χ1v) is 13.4. The zero-order valence-corrected chi connectivity index (χ0v) is 22.8. The van der Waals surface area contributed by atoms with E-state index >= 15 is 4.39 Å². The maximum atomic E-state index is 15.8. The SMILES string of the molecule is Cn1cnnc1[C@H](F)C1(c2cccc(N3Cc4c(cc(CNC5(C)CCC5)cc4C(F)F)C3=O)c2)COC1.O=CO. The molecule has 2 aliphatic heterocycles. The van der Waals surface area contributed by atoms with Crippen LogP contribution < -0.4 is 10.2 Å². The number of alkyl halides is 3. The van der Waals surface area contributed by atoms with Crippen LogP contribution in [0.5, 0.6) is 0 Å². The van der Waals surface area contributed by atoms with E-state index in [1.807, 2.05) is 0 Å². The van der Waals surface area contributed by atoms with E-state index in [1.165, 1.54) is 17.3 Å². The van der Waals surface area contributed by atoms with Crippen molar-refractivity contribution in [3.63, 3.8) is 0 Å². The molecule has 3 heterocycles. The molecule has 1 saturated carbocycles. The van der Waals surface area contributed by atoms with Crippen LogP contribution in [0.2, 0.25) is 0 Å². The Hall–Kier alpha value is -3.77. The molecule has 1 amide bonds. The van der Waals surface area contributed by atoms with Gasteiger partial charge in [0, 0.05) is 35.9 Å². The number of rotatable bonds is 8. The molecular weight excluding hydrogens is 539 g/mol. The summed E-state index contributed by atoms with van der Waals surface area (Å²) < 4.78 is 51.0. The maximum Gasteiger partial charge on any atom is 0.290 e. The first-order valence-electron chi connectivity index (χ1n) is 13.4. The molecule has 0 spiro atoms. The van der Waals surface area contributed by atoms with Crippen LogP contribution in [0.4, 0.5) is 18.9 Å². The third kappa shape index (κ3) is 5.21. The number of halogens is 3. The molecule has 1 atom stereocenters. The molecule has 0 radical (unpaired) electrons. The van der Waals surface area contributed by atoms with Crippen LogP contribution in [0.1, 0.15) is 77.2 Å². The van der Waals surface area contributed by atoms with E-state index in [0.717, 1.165) is 19.3 Å². The minimum Gasteiger partial charge on any atom is -0.483 e. The molecule has 1 aliphatic carbocycles. The second-order valence-electron chi connectivity index (χ2n) is 11.1. The molecule has 2 fully saturated rings. The minimum absolute atomic E-state index is 0.0148. The van der Waals surface area contributed by atoms with Gasteiger partial charge >= 0.3 is 0 Å². The summed E-state index contributed by atoms with van der Waals surface area (Å²) in [5, 5.41) is 18.1. The molecule has 41 heavy (non-hydrogen) atoms. The lowest BCUT2D eigenvalue weighted by atomic mass is 9.74. The lowest BCUT2D eigenvalue weighted by molar-refractivity contribution is -0.122. The van der Waals surface area contributed by atoms with Gasteiger partial charge in [-0.25, -0.2) is 13.2 Å². The smallest absolute Gasteiger partial charge is 0.290 e. The van der Waals surface area contributed by atoms with Crippen molar-refractivity contribution < 1.29 is 32.6 Å². The number of carbonyl (C=O) groups excluding carboxylic acids is 1. The third-order valence-electron chi connectivity index (χ3n) is 8.46. The van der Waals surface area contributed by atoms with Crippen LogP contribution in [0.15, 0.2) is 42.7 Å². The quantitative estimate of drug-likeness (QED) is 0.380. The van der Waals surface area contributed by atoms with Gasteiger partial charge in [-0.3, -0.25) is 9.59 Å². The third-order valence-corrected chi connectivity index (χ3v) is 8.46. The van der Waals surface area contributed by atoms with Gasteiger partial charge in [0.2, 0.25) is 0 Å². The van der Waals surface area contributed by atoms with Crippen molar-refractivity contribution in [2.24, 2.45) is 7.05 Å². The van der Waals surface area contributed by atoms with Crippen LogP contribution in [0.3, 0.4) is 0 Å². The molecule has 3 aromatic rings. The lowest BCUT2D eigenvalue weighted by Crippen LogP contribution is -2.50. The van der Waals surface area contributed by atoms with Crippen LogP contribution in [-0.4, -0.2) is 51.0 Å². The number of benzene rings is 2. The van der Waals surface area contributed by atoms with E-state index in [4.69, 9.17) is 14.6 Å². The molecule has 9 nitrogen and oxygen atoms in total. The maximum absolute atomic E-state index is 15.8. The number of ether oxygens (including phenoxy) is 1. The van der Waals surface area contributed by atoms with E-state index in [0.29, 0.717) is 34.5 Å². The van der Waals surface area contributed by atoms with Crippen molar-refractivity contribution in [1.29, 1.82) is 0 Å². The molecule has 218 valence electrons. The minimum atomic E-state index is -2.70. The highest BCUT2D eigenvalue weighted by molar-refractivity contribution is 6.10. The van der Waals surface area contributed by atoms with Gasteiger partial charge in [-0.05, 0) is 67.1 Å². The number of aromatic nitrogens is 3. The van der Waals surface area contributed by atoms with Gasteiger partial charge in [0.1, 0.15) is 6.33 Å². The average molecular weight is 572 g/mol. The molecule has 0 bridgehead atoms.